The first-order chi connectivity index (χ1) is 8.72. The van der Waals surface area contributed by atoms with Crippen LogP contribution in [0, 0.1) is 5.92 Å². The summed E-state index contributed by atoms with van der Waals surface area (Å²) in [6.07, 6.45) is 3.10. The minimum Gasteiger partial charge on any atom is -0.460 e. The van der Waals surface area contributed by atoms with Crippen molar-refractivity contribution in [1.29, 1.82) is 0 Å². The first-order valence-electron chi connectivity index (χ1n) is 6.06. The summed E-state index contributed by atoms with van der Waals surface area (Å²) in [7, 11) is 0. The summed E-state index contributed by atoms with van der Waals surface area (Å²) in [6, 6.07) is 7.36. The number of ether oxygens (including phenoxy) is 1. The van der Waals surface area contributed by atoms with E-state index >= 15 is 0 Å². The van der Waals surface area contributed by atoms with Gasteiger partial charge in [0.15, 0.2) is 5.78 Å². The number of carbonyl (C=O) groups excluding carboxylic acids is 2. The Labute approximate surface area is 115 Å². The molecule has 0 aromatic heterocycles. The molecule has 1 aromatic carbocycles. The molecule has 0 radical (unpaired) electrons. The molecule has 0 bridgehead atoms. The fraction of sp³-hybridized carbons (Fsp3) is 0.429. The second kappa shape index (κ2) is 6.14. The number of hydrogen-bond donors (Lipinski definition) is 0. The molecular weight excluding hydrogens is 296 g/mol. The van der Waals surface area contributed by atoms with Crippen molar-refractivity contribution in [2.24, 2.45) is 5.92 Å². The first-order valence-corrected chi connectivity index (χ1v) is 7.18. The number of benzene rings is 1. The second-order valence-electron chi connectivity index (χ2n) is 4.44. The number of ketones is 1. The van der Waals surface area contributed by atoms with E-state index in [2.05, 4.69) is 15.9 Å². The SMILES string of the molecule is O=C(CBr)OCc1ccccc1C(=O)C1CCC1. The van der Waals surface area contributed by atoms with E-state index in [1.807, 2.05) is 24.3 Å². The largest absolute Gasteiger partial charge is 0.460 e. The van der Waals surface area contributed by atoms with E-state index in [0.717, 1.165) is 24.8 Å². The Kier molecular flexibility index (Phi) is 4.53. The average molecular weight is 311 g/mol. The van der Waals surface area contributed by atoms with Crippen LogP contribution in [0.5, 0.6) is 0 Å². The number of esters is 1. The van der Waals surface area contributed by atoms with Crippen LogP contribution in [0.15, 0.2) is 24.3 Å². The molecule has 0 amide bonds. The maximum Gasteiger partial charge on any atom is 0.316 e. The Morgan fingerprint density at radius 3 is 2.61 bits per heavy atom. The molecule has 1 saturated carbocycles. The van der Waals surface area contributed by atoms with Gasteiger partial charge in [0.2, 0.25) is 0 Å². The number of hydrogen-bond acceptors (Lipinski definition) is 3. The predicted molar refractivity (Wildman–Crippen MR) is 71.7 cm³/mol. The molecule has 0 aliphatic heterocycles. The third kappa shape index (κ3) is 2.99. The van der Waals surface area contributed by atoms with E-state index in [-0.39, 0.29) is 29.6 Å². The van der Waals surface area contributed by atoms with Crippen molar-refractivity contribution in [2.45, 2.75) is 25.9 Å². The number of alkyl halides is 1. The van der Waals surface area contributed by atoms with Crippen LogP contribution in [0.4, 0.5) is 0 Å². The molecule has 0 N–H and O–H groups in total. The summed E-state index contributed by atoms with van der Waals surface area (Å²) in [5, 5.41) is 0.172. The van der Waals surface area contributed by atoms with Gasteiger partial charge in [-0.15, -0.1) is 0 Å². The van der Waals surface area contributed by atoms with Crippen molar-refractivity contribution < 1.29 is 14.3 Å². The van der Waals surface area contributed by atoms with E-state index in [4.69, 9.17) is 4.74 Å². The van der Waals surface area contributed by atoms with E-state index in [9.17, 15) is 9.59 Å². The van der Waals surface area contributed by atoms with Gasteiger partial charge < -0.3 is 4.74 Å². The van der Waals surface area contributed by atoms with Gasteiger partial charge in [-0.3, -0.25) is 9.59 Å². The van der Waals surface area contributed by atoms with Crippen LogP contribution >= 0.6 is 15.9 Å². The summed E-state index contributed by atoms with van der Waals surface area (Å²) in [6.45, 7) is 0.166. The monoisotopic (exact) mass is 310 g/mol. The van der Waals surface area contributed by atoms with Gasteiger partial charge in [-0.05, 0) is 12.8 Å². The lowest BCUT2D eigenvalue weighted by Gasteiger charge is -2.24. The van der Waals surface area contributed by atoms with Crippen LogP contribution < -0.4 is 0 Å². The summed E-state index contributed by atoms with van der Waals surface area (Å²) in [4.78, 5) is 23.3. The zero-order chi connectivity index (χ0) is 13.0. The summed E-state index contributed by atoms with van der Waals surface area (Å²) in [5.41, 5.74) is 1.49. The Hall–Kier alpha value is -1.16. The van der Waals surface area contributed by atoms with E-state index in [0.29, 0.717) is 5.56 Å². The van der Waals surface area contributed by atoms with Gasteiger partial charge in [0, 0.05) is 17.0 Å². The van der Waals surface area contributed by atoms with Crippen LogP contribution in [-0.4, -0.2) is 17.1 Å². The summed E-state index contributed by atoms with van der Waals surface area (Å²) in [5.74, 6) is 0.0330. The highest BCUT2D eigenvalue weighted by molar-refractivity contribution is 9.09. The van der Waals surface area contributed by atoms with Crippen LogP contribution in [0.1, 0.15) is 35.2 Å². The maximum atomic E-state index is 12.2. The van der Waals surface area contributed by atoms with Crippen molar-refractivity contribution in [3.8, 4) is 0 Å². The Balaban J connectivity index is 2.09. The third-order valence-corrected chi connectivity index (χ3v) is 3.71. The Bertz CT molecular complexity index is 452. The van der Waals surface area contributed by atoms with E-state index in [1.54, 1.807) is 0 Å². The summed E-state index contributed by atoms with van der Waals surface area (Å²) >= 11 is 3.04. The molecule has 0 heterocycles. The highest BCUT2D eigenvalue weighted by atomic mass is 79.9. The number of Topliss-reactive ketones (excluding diaryl/α,β-unsaturated/α-hetero) is 1. The smallest absolute Gasteiger partial charge is 0.316 e. The molecule has 2 rings (SSSR count). The quantitative estimate of drug-likeness (QED) is 0.477. The number of carbonyl (C=O) groups is 2. The first kappa shape index (κ1) is 13.3. The fourth-order valence-corrected chi connectivity index (χ4v) is 2.14. The van der Waals surface area contributed by atoms with E-state index in [1.165, 1.54) is 0 Å². The molecule has 0 saturated heterocycles. The predicted octanol–water partition coefficient (Wildman–Crippen LogP) is 3.11. The van der Waals surface area contributed by atoms with Crippen LogP contribution in [-0.2, 0) is 16.1 Å². The minimum absolute atomic E-state index is 0.165. The topological polar surface area (TPSA) is 43.4 Å². The van der Waals surface area contributed by atoms with Gasteiger partial charge >= 0.3 is 5.97 Å². The van der Waals surface area contributed by atoms with Crippen molar-refractivity contribution in [2.75, 3.05) is 5.33 Å². The molecule has 1 aliphatic rings. The molecule has 96 valence electrons. The van der Waals surface area contributed by atoms with Gasteiger partial charge in [0.25, 0.3) is 0 Å². The van der Waals surface area contributed by atoms with Crippen LogP contribution in [0.3, 0.4) is 0 Å². The van der Waals surface area contributed by atoms with Crippen molar-refractivity contribution >= 4 is 27.7 Å². The molecule has 1 aliphatic carbocycles. The molecular formula is C14H15BrO3. The average Bonchev–Trinajstić information content (AvgIpc) is 2.34. The van der Waals surface area contributed by atoms with Crippen LogP contribution in [0.25, 0.3) is 0 Å². The molecule has 4 heteroatoms. The Morgan fingerprint density at radius 2 is 2.00 bits per heavy atom. The highest BCUT2D eigenvalue weighted by Gasteiger charge is 2.27. The van der Waals surface area contributed by atoms with Crippen LogP contribution in [0.2, 0.25) is 0 Å². The lowest BCUT2D eigenvalue weighted by molar-refractivity contribution is -0.141. The van der Waals surface area contributed by atoms with Gasteiger partial charge in [0.05, 0.1) is 0 Å². The van der Waals surface area contributed by atoms with Gasteiger partial charge in [0.1, 0.15) is 11.9 Å². The second-order valence-corrected chi connectivity index (χ2v) is 5.00. The summed E-state index contributed by atoms with van der Waals surface area (Å²) < 4.78 is 5.06. The molecule has 0 unspecified atom stereocenters. The van der Waals surface area contributed by atoms with Crippen molar-refractivity contribution in [3.63, 3.8) is 0 Å². The van der Waals surface area contributed by atoms with Gasteiger partial charge in [-0.2, -0.15) is 0 Å². The number of halogens is 1. The Morgan fingerprint density at radius 1 is 1.28 bits per heavy atom. The van der Waals surface area contributed by atoms with Gasteiger partial charge in [-0.1, -0.05) is 46.6 Å². The molecule has 0 atom stereocenters. The molecule has 1 aromatic rings. The normalized spacial score (nSPS) is 14.9. The van der Waals surface area contributed by atoms with Crippen molar-refractivity contribution in [1.82, 2.24) is 0 Å². The minimum atomic E-state index is -0.319. The fourth-order valence-electron chi connectivity index (χ4n) is 1.97. The zero-order valence-corrected chi connectivity index (χ0v) is 11.6. The molecule has 1 fully saturated rings. The number of rotatable bonds is 5. The maximum absolute atomic E-state index is 12.2. The molecule has 18 heavy (non-hydrogen) atoms. The third-order valence-electron chi connectivity index (χ3n) is 3.26. The standard InChI is InChI=1S/C14H15BrO3/c15-8-13(16)18-9-11-4-1-2-7-12(11)14(17)10-5-3-6-10/h1-2,4,7,10H,3,5-6,8-9H2. The zero-order valence-electron chi connectivity index (χ0n) is 10.0. The highest BCUT2D eigenvalue weighted by Crippen LogP contribution is 2.30. The van der Waals surface area contributed by atoms with Gasteiger partial charge in [-0.25, -0.2) is 0 Å². The van der Waals surface area contributed by atoms with Crippen molar-refractivity contribution in [3.05, 3.63) is 35.4 Å². The molecule has 3 nitrogen and oxygen atoms in total. The lowest BCUT2D eigenvalue weighted by atomic mass is 9.79. The lowest BCUT2D eigenvalue weighted by Crippen LogP contribution is -2.23. The van der Waals surface area contributed by atoms with E-state index < -0.39 is 0 Å². The molecule has 0 spiro atoms.